The first-order valence-electron chi connectivity index (χ1n) is 8.58. The minimum absolute atomic E-state index is 0.140. The third-order valence-electron chi connectivity index (χ3n) is 5.69. The first kappa shape index (κ1) is 15.5. The van der Waals surface area contributed by atoms with Gasteiger partial charge in [-0.2, -0.15) is 0 Å². The number of hydrogen-bond acceptors (Lipinski definition) is 2. The number of carbonyl (C=O) groups excluding carboxylic acids is 1. The van der Waals surface area contributed by atoms with Crippen molar-refractivity contribution in [1.82, 2.24) is 10.2 Å². The molecule has 1 amide bonds. The van der Waals surface area contributed by atoms with E-state index in [0.29, 0.717) is 6.04 Å². The summed E-state index contributed by atoms with van der Waals surface area (Å²) in [7, 11) is 3.67. The lowest BCUT2D eigenvalue weighted by molar-refractivity contribution is -0.131. The molecule has 0 unspecified atom stereocenters. The molecule has 3 rings (SSSR count). The van der Waals surface area contributed by atoms with Crippen LogP contribution in [0.3, 0.4) is 0 Å². The molecule has 0 heterocycles. The summed E-state index contributed by atoms with van der Waals surface area (Å²) >= 11 is 0. The molecule has 2 fully saturated rings. The lowest BCUT2D eigenvalue weighted by atomic mass is 9.83. The van der Waals surface area contributed by atoms with E-state index in [1.165, 1.54) is 25.7 Å². The minimum atomic E-state index is -0.231. The Morgan fingerprint density at radius 2 is 1.91 bits per heavy atom. The van der Waals surface area contributed by atoms with Crippen LogP contribution in [0, 0.1) is 17.8 Å². The summed E-state index contributed by atoms with van der Waals surface area (Å²) in [5.74, 6) is 2.69. The number of rotatable bonds is 5. The zero-order chi connectivity index (χ0) is 15.7. The summed E-state index contributed by atoms with van der Waals surface area (Å²) in [5.41, 5.74) is 1.07. The highest BCUT2D eigenvalue weighted by atomic mass is 16.2. The van der Waals surface area contributed by atoms with Gasteiger partial charge in [0.2, 0.25) is 5.91 Å². The van der Waals surface area contributed by atoms with Gasteiger partial charge in [-0.15, -0.1) is 0 Å². The van der Waals surface area contributed by atoms with Crippen LogP contribution in [0.1, 0.15) is 44.2 Å². The number of amides is 1. The zero-order valence-electron chi connectivity index (χ0n) is 14.0. The van der Waals surface area contributed by atoms with Crippen LogP contribution in [0.15, 0.2) is 30.3 Å². The molecule has 0 spiro atoms. The summed E-state index contributed by atoms with van der Waals surface area (Å²) in [4.78, 5) is 14.3. The lowest BCUT2D eigenvalue weighted by Gasteiger charge is -2.32. The number of carbonyl (C=O) groups is 1. The first-order chi connectivity index (χ1) is 10.6. The predicted molar refractivity (Wildman–Crippen MR) is 89.4 cm³/mol. The molecule has 1 aromatic rings. The fourth-order valence-corrected chi connectivity index (χ4v) is 4.51. The van der Waals surface area contributed by atoms with E-state index in [4.69, 9.17) is 0 Å². The fraction of sp³-hybridized carbons (Fsp3) is 0.632. The molecular formula is C19H28N2O. The van der Waals surface area contributed by atoms with E-state index < -0.39 is 0 Å². The van der Waals surface area contributed by atoms with Gasteiger partial charge in [0.15, 0.2) is 0 Å². The van der Waals surface area contributed by atoms with E-state index in [1.54, 1.807) is 4.90 Å². The van der Waals surface area contributed by atoms with E-state index in [-0.39, 0.29) is 11.9 Å². The molecule has 2 bridgehead atoms. The molecule has 120 valence electrons. The zero-order valence-corrected chi connectivity index (χ0v) is 14.0. The van der Waals surface area contributed by atoms with Crippen LogP contribution in [0.2, 0.25) is 0 Å². The van der Waals surface area contributed by atoms with E-state index in [2.05, 4.69) is 12.2 Å². The van der Waals surface area contributed by atoms with Gasteiger partial charge in [0.1, 0.15) is 6.04 Å². The number of fused-ring (bicyclic) bond motifs is 2. The summed E-state index contributed by atoms with van der Waals surface area (Å²) in [6.07, 6.45) is 5.57. The van der Waals surface area contributed by atoms with E-state index in [1.807, 2.05) is 44.4 Å². The van der Waals surface area contributed by atoms with Gasteiger partial charge in [0.05, 0.1) is 0 Å². The van der Waals surface area contributed by atoms with Gasteiger partial charge in [-0.05, 0) is 49.5 Å². The van der Waals surface area contributed by atoms with Crippen molar-refractivity contribution in [3.05, 3.63) is 35.9 Å². The second kappa shape index (κ2) is 6.41. The highest BCUT2D eigenvalue weighted by Crippen LogP contribution is 2.49. The number of nitrogens with zero attached hydrogens (tertiary/aromatic N) is 1. The number of benzene rings is 1. The summed E-state index contributed by atoms with van der Waals surface area (Å²) in [5, 5.41) is 3.65. The minimum Gasteiger partial charge on any atom is -0.347 e. The average Bonchev–Trinajstić information content (AvgIpc) is 3.15. The van der Waals surface area contributed by atoms with Crippen LogP contribution in [0.25, 0.3) is 0 Å². The Hall–Kier alpha value is -1.35. The SMILES string of the molecule is C[C@H](N[C@@H](C(=O)N(C)C)c1ccccc1)[C@@H]1C[C@H]2CC[C@H]1C2. The Balaban J connectivity index is 1.74. The number of nitrogens with one attached hydrogen (secondary N) is 1. The third-order valence-corrected chi connectivity index (χ3v) is 5.69. The fourth-order valence-electron chi connectivity index (χ4n) is 4.51. The maximum Gasteiger partial charge on any atom is 0.243 e. The van der Waals surface area contributed by atoms with Gasteiger partial charge in [0, 0.05) is 20.1 Å². The number of hydrogen-bond donors (Lipinski definition) is 1. The van der Waals surface area contributed by atoms with Crippen molar-refractivity contribution < 1.29 is 4.79 Å². The van der Waals surface area contributed by atoms with Gasteiger partial charge in [-0.1, -0.05) is 36.8 Å². The topological polar surface area (TPSA) is 32.3 Å². The summed E-state index contributed by atoms with van der Waals surface area (Å²) in [6, 6.07) is 10.3. The van der Waals surface area contributed by atoms with Crippen LogP contribution in [0.4, 0.5) is 0 Å². The molecule has 22 heavy (non-hydrogen) atoms. The van der Waals surface area contributed by atoms with Crippen LogP contribution in [-0.2, 0) is 4.79 Å². The highest BCUT2D eigenvalue weighted by Gasteiger charge is 2.42. The Morgan fingerprint density at radius 1 is 1.18 bits per heavy atom. The highest BCUT2D eigenvalue weighted by molar-refractivity contribution is 5.82. The predicted octanol–water partition coefficient (Wildman–Crippen LogP) is 3.23. The first-order valence-corrected chi connectivity index (χ1v) is 8.58. The van der Waals surface area contributed by atoms with Crippen molar-refractivity contribution in [3.63, 3.8) is 0 Å². The van der Waals surface area contributed by atoms with Crippen molar-refractivity contribution in [2.45, 2.75) is 44.7 Å². The molecule has 1 aromatic carbocycles. The lowest BCUT2D eigenvalue weighted by Crippen LogP contribution is -2.44. The molecular weight excluding hydrogens is 272 g/mol. The Bertz CT molecular complexity index is 513. The quantitative estimate of drug-likeness (QED) is 0.905. The molecule has 0 aromatic heterocycles. The van der Waals surface area contributed by atoms with Crippen molar-refractivity contribution in [3.8, 4) is 0 Å². The van der Waals surface area contributed by atoms with Gasteiger partial charge in [-0.3, -0.25) is 10.1 Å². The largest absolute Gasteiger partial charge is 0.347 e. The van der Waals surface area contributed by atoms with E-state index >= 15 is 0 Å². The van der Waals surface area contributed by atoms with E-state index in [9.17, 15) is 4.79 Å². The van der Waals surface area contributed by atoms with Crippen molar-refractivity contribution in [1.29, 1.82) is 0 Å². The molecule has 2 aliphatic rings. The molecule has 2 saturated carbocycles. The maximum absolute atomic E-state index is 12.6. The molecule has 0 saturated heterocycles. The molecule has 5 atom stereocenters. The van der Waals surface area contributed by atoms with Crippen LogP contribution in [0.5, 0.6) is 0 Å². The molecule has 3 heteroatoms. The normalized spacial score (nSPS) is 29.3. The Morgan fingerprint density at radius 3 is 2.45 bits per heavy atom. The third kappa shape index (κ3) is 3.05. The van der Waals surface area contributed by atoms with Crippen molar-refractivity contribution >= 4 is 5.91 Å². The van der Waals surface area contributed by atoms with Gasteiger partial charge in [-0.25, -0.2) is 0 Å². The standard InChI is InChI=1S/C19H28N2O/c1-13(17-12-14-9-10-16(17)11-14)20-18(19(22)21(2)3)15-7-5-4-6-8-15/h4-8,13-14,16-18,20H,9-12H2,1-3H3/t13-,14-,16-,17-,18+/m0/s1. The average molecular weight is 300 g/mol. The van der Waals surface area contributed by atoms with Crippen LogP contribution < -0.4 is 5.32 Å². The molecule has 2 aliphatic carbocycles. The smallest absolute Gasteiger partial charge is 0.243 e. The van der Waals surface area contributed by atoms with Gasteiger partial charge >= 0.3 is 0 Å². The van der Waals surface area contributed by atoms with Crippen LogP contribution >= 0.6 is 0 Å². The summed E-state index contributed by atoms with van der Waals surface area (Å²) < 4.78 is 0. The molecule has 1 N–H and O–H groups in total. The Labute approximate surface area is 134 Å². The van der Waals surface area contributed by atoms with Gasteiger partial charge in [0.25, 0.3) is 0 Å². The van der Waals surface area contributed by atoms with Crippen molar-refractivity contribution in [2.75, 3.05) is 14.1 Å². The molecule has 0 aliphatic heterocycles. The van der Waals surface area contributed by atoms with Crippen LogP contribution in [-0.4, -0.2) is 30.9 Å². The van der Waals surface area contributed by atoms with Crippen molar-refractivity contribution in [2.24, 2.45) is 17.8 Å². The molecule has 0 radical (unpaired) electrons. The monoisotopic (exact) mass is 300 g/mol. The van der Waals surface area contributed by atoms with Gasteiger partial charge < -0.3 is 4.90 Å². The second-order valence-electron chi connectivity index (χ2n) is 7.37. The number of likely N-dealkylation sites (N-methyl/N-ethyl adjacent to an activating group) is 1. The van der Waals surface area contributed by atoms with E-state index in [0.717, 1.165) is 23.3 Å². The second-order valence-corrected chi connectivity index (χ2v) is 7.37. The maximum atomic E-state index is 12.6. The molecule has 3 nitrogen and oxygen atoms in total. The Kier molecular flexibility index (Phi) is 4.53. The summed E-state index contributed by atoms with van der Waals surface area (Å²) in [6.45, 7) is 2.27.